The smallest absolute Gasteiger partial charge is 0.356 e. The lowest BCUT2D eigenvalue weighted by atomic mass is 10.2. The van der Waals surface area contributed by atoms with E-state index in [1.54, 1.807) is 6.07 Å². The molecule has 0 aliphatic heterocycles. The molecule has 0 unspecified atom stereocenters. The van der Waals surface area contributed by atoms with Gasteiger partial charge in [-0.2, -0.15) is 10.2 Å². The molecule has 3 aromatic rings. The molecule has 0 bridgehead atoms. The highest BCUT2D eigenvalue weighted by molar-refractivity contribution is 6.31. The average molecular weight is 378 g/mol. The van der Waals surface area contributed by atoms with Crippen LogP contribution in [0.2, 0.25) is 5.02 Å². The summed E-state index contributed by atoms with van der Waals surface area (Å²) in [7, 11) is 0. The molecule has 134 valence electrons. The summed E-state index contributed by atoms with van der Waals surface area (Å²) in [5.41, 5.74) is 0.563. The van der Waals surface area contributed by atoms with E-state index < -0.39 is 17.7 Å². The molecule has 1 aromatic carbocycles. The molecule has 0 saturated heterocycles. The Morgan fingerprint density at radius 3 is 2.77 bits per heavy atom. The second-order valence-corrected chi connectivity index (χ2v) is 5.79. The van der Waals surface area contributed by atoms with Gasteiger partial charge < -0.3 is 10.4 Å². The average Bonchev–Trinajstić information content (AvgIpc) is 3.21. The number of aromatic carboxylic acids is 1. The van der Waals surface area contributed by atoms with Crippen LogP contribution in [0.5, 0.6) is 0 Å². The number of halogens is 2. The minimum atomic E-state index is -1.17. The van der Waals surface area contributed by atoms with Gasteiger partial charge in [-0.3, -0.25) is 14.2 Å². The zero-order valence-electron chi connectivity index (χ0n) is 13.3. The van der Waals surface area contributed by atoms with E-state index in [2.05, 4.69) is 15.5 Å². The van der Waals surface area contributed by atoms with Gasteiger partial charge in [-0.05, 0) is 18.2 Å². The van der Waals surface area contributed by atoms with E-state index in [0.29, 0.717) is 16.3 Å². The molecule has 0 aliphatic rings. The molecule has 8 nitrogen and oxygen atoms in total. The van der Waals surface area contributed by atoms with Gasteiger partial charge in [0.05, 0.1) is 18.4 Å². The van der Waals surface area contributed by atoms with Crippen molar-refractivity contribution in [2.45, 2.75) is 13.1 Å². The molecule has 0 fully saturated rings. The summed E-state index contributed by atoms with van der Waals surface area (Å²) in [6, 6.07) is 5.71. The topological polar surface area (TPSA) is 102 Å². The van der Waals surface area contributed by atoms with E-state index in [1.165, 1.54) is 46.2 Å². The van der Waals surface area contributed by atoms with Gasteiger partial charge in [0, 0.05) is 23.0 Å². The van der Waals surface area contributed by atoms with Crippen molar-refractivity contribution in [1.82, 2.24) is 19.6 Å². The Kier molecular flexibility index (Phi) is 4.99. The maximum absolute atomic E-state index is 13.8. The molecule has 0 saturated carbocycles. The Hall–Kier alpha value is -3.20. The van der Waals surface area contributed by atoms with Crippen molar-refractivity contribution in [3.63, 3.8) is 0 Å². The molecule has 2 N–H and O–H groups in total. The summed E-state index contributed by atoms with van der Waals surface area (Å²) in [4.78, 5) is 22.8. The van der Waals surface area contributed by atoms with Crippen LogP contribution in [0.15, 0.2) is 42.9 Å². The highest BCUT2D eigenvalue weighted by atomic mass is 35.5. The first-order valence-electron chi connectivity index (χ1n) is 7.44. The third-order valence-corrected chi connectivity index (χ3v) is 3.82. The number of nitrogens with zero attached hydrogens (tertiary/aromatic N) is 4. The monoisotopic (exact) mass is 377 g/mol. The summed E-state index contributed by atoms with van der Waals surface area (Å²) in [6.45, 7) is -0.0416. The Morgan fingerprint density at radius 2 is 2.08 bits per heavy atom. The first-order valence-corrected chi connectivity index (χ1v) is 7.82. The zero-order valence-corrected chi connectivity index (χ0v) is 14.0. The molecule has 26 heavy (non-hydrogen) atoms. The fourth-order valence-electron chi connectivity index (χ4n) is 2.27. The summed E-state index contributed by atoms with van der Waals surface area (Å²) in [5, 5.41) is 19.5. The number of rotatable bonds is 6. The van der Waals surface area contributed by atoms with Crippen molar-refractivity contribution in [3.05, 3.63) is 65.0 Å². The van der Waals surface area contributed by atoms with E-state index in [-0.39, 0.29) is 18.8 Å². The molecule has 3 rings (SSSR count). The number of carbonyl (C=O) groups excluding carboxylic acids is 1. The van der Waals surface area contributed by atoms with Gasteiger partial charge >= 0.3 is 5.97 Å². The van der Waals surface area contributed by atoms with Crippen LogP contribution >= 0.6 is 11.6 Å². The minimum Gasteiger partial charge on any atom is -0.476 e. The zero-order chi connectivity index (χ0) is 18.7. The molecule has 0 radical (unpaired) electrons. The molecule has 10 heteroatoms. The predicted molar refractivity (Wildman–Crippen MR) is 90.6 cm³/mol. The number of anilines is 1. The van der Waals surface area contributed by atoms with Crippen LogP contribution in [-0.2, 0) is 17.9 Å². The first-order chi connectivity index (χ1) is 12.4. The van der Waals surface area contributed by atoms with Crippen LogP contribution < -0.4 is 5.32 Å². The third kappa shape index (κ3) is 4.06. The standard InChI is InChI=1S/C16H13ClFN5O3/c17-12-2-1-3-13(18)11(12)8-23-7-10(6-19-23)20-15(24)9-22-5-4-14(21-22)16(25)26/h1-7H,8-9H2,(H,20,24)(H,25,26). The molecule has 1 amide bonds. The number of benzene rings is 1. The Bertz CT molecular complexity index is 948. The van der Waals surface area contributed by atoms with Crippen LogP contribution in [0.3, 0.4) is 0 Å². The second kappa shape index (κ2) is 7.36. The summed E-state index contributed by atoms with van der Waals surface area (Å²) in [6.07, 6.45) is 4.34. The Morgan fingerprint density at radius 1 is 1.27 bits per heavy atom. The van der Waals surface area contributed by atoms with Crippen LogP contribution in [0, 0.1) is 5.82 Å². The number of carboxylic acid groups (broad SMARTS) is 1. The molecule has 2 heterocycles. The lowest BCUT2D eigenvalue weighted by Gasteiger charge is -2.06. The van der Waals surface area contributed by atoms with Crippen LogP contribution in [0.1, 0.15) is 16.1 Å². The van der Waals surface area contributed by atoms with Crippen molar-refractivity contribution in [1.29, 1.82) is 0 Å². The SMILES string of the molecule is O=C(Cn1ccc(C(=O)O)n1)Nc1cnn(Cc2c(F)cccc2Cl)c1. The molecule has 0 spiro atoms. The lowest BCUT2D eigenvalue weighted by molar-refractivity contribution is -0.116. The van der Waals surface area contributed by atoms with E-state index in [4.69, 9.17) is 16.7 Å². The third-order valence-electron chi connectivity index (χ3n) is 3.46. The number of carboxylic acids is 1. The minimum absolute atomic E-state index is 0.114. The quantitative estimate of drug-likeness (QED) is 0.686. The van der Waals surface area contributed by atoms with Gasteiger partial charge in [-0.25, -0.2) is 9.18 Å². The maximum Gasteiger partial charge on any atom is 0.356 e. The normalized spacial score (nSPS) is 10.7. The van der Waals surface area contributed by atoms with E-state index >= 15 is 0 Å². The highest BCUT2D eigenvalue weighted by Crippen LogP contribution is 2.20. The Labute approximate surface area is 151 Å². The number of hydrogen-bond donors (Lipinski definition) is 2. The van der Waals surface area contributed by atoms with Gasteiger partial charge in [0.2, 0.25) is 5.91 Å². The van der Waals surface area contributed by atoms with Crippen molar-refractivity contribution in [3.8, 4) is 0 Å². The van der Waals surface area contributed by atoms with Gasteiger partial charge in [0.25, 0.3) is 0 Å². The fraction of sp³-hybridized carbons (Fsp3) is 0.125. The summed E-state index contributed by atoms with van der Waals surface area (Å²) >= 11 is 5.98. The molecular weight excluding hydrogens is 365 g/mol. The van der Waals surface area contributed by atoms with Gasteiger partial charge in [-0.1, -0.05) is 17.7 Å². The molecule has 0 atom stereocenters. The largest absolute Gasteiger partial charge is 0.476 e. The van der Waals surface area contributed by atoms with Crippen molar-refractivity contribution < 1.29 is 19.1 Å². The Balaban J connectivity index is 1.62. The number of hydrogen-bond acceptors (Lipinski definition) is 4. The molecular formula is C16H13ClFN5O3. The first kappa shape index (κ1) is 17.6. The lowest BCUT2D eigenvalue weighted by Crippen LogP contribution is -2.19. The summed E-state index contributed by atoms with van der Waals surface area (Å²) in [5.74, 6) is -2.02. The van der Waals surface area contributed by atoms with Gasteiger partial charge in [-0.15, -0.1) is 0 Å². The van der Waals surface area contributed by atoms with Gasteiger partial charge in [0.15, 0.2) is 5.69 Å². The fourth-order valence-corrected chi connectivity index (χ4v) is 2.49. The molecule has 2 aromatic heterocycles. The predicted octanol–water partition coefficient (Wildman–Crippen LogP) is 2.26. The van der Waals surface area contributed by atoms with E-state index in [0.717, 1.165) is 0 Å². The number of nitrogens with one attached hydrogen (secondary N) is 1. The van der Waals surface area contributed by atoms with Crippen LogP contribution in [0.4, 0.5) is 10.1 Å². The molecule has 0 aliphatic carbocycles. The number of carbonyl (C=O) groups is 2. The van der Waals surface area contributed by atoms with E-state index in [9.17, 15) is 14.0 Å². The van der Waals surface area contributed by atoms with Crippen molar-refractivity contribution >= 4 is 29.2 Å². The van der Waals surface area contributed by atoms with Crippen LogP contribution in [-0.4, -0.2) is 36.5 Å². The highest BCUT2D eigenvalue weighted by Gasteiger charge is 2.12. The van der Waals surface area contributed by atoms with Crippen LogP contribution in [0.25, 0.3) is 0 Å². The number of amides is 1. The maximum atomic E-state index is 13.8. The number of aromatic nitrogens is 4. The van der Waals surface area contributed by atoms with Crippen molar-refractivity contribution in [2.24, 2.45) is 0 Å². The van der Waals surface area contributed by atoms with Crippen molar-refractivity contribution in [2.75, 3.05) is 5.32 Å². The summed E-state index contributed by atoms with van der Waals surface area (Å²) < 4.78 is 16.5. The second-order valence-electron chi connectivity index (χ2n) is 5.38. The van der Waals surface area contributed by atoms with E-state index in [1.807, 2.05) is 0 Å². The van der Waals surface area contributed by atoms with Gasteiger partial charge in [0.1, 0.15) is 12.4 Å².